The molecule has 14 heavy (non-hydrogen) atoms. The molecule has 1 aromatic rings. The fourth-order valence-electron chi connectivity index (χ4n) is 1.85. The van der Waals surface area contributed by atoms with E-state index >= 15 is 0 Å². The third-order valence-electron chi connectivity index (χ3n) is 2.71. The average molecular weight is 190 g/mol. The number of hydrogen-bond donors (Lipinski definition) is 1. The number of rotatable bonds is 3. The lowest BCUT2D eigenvalue weighted by Crippen LogP contribution is -2.39. The Morgan fingerprint density at radius 3 is 2.93 bits per heavy atom. The van der Waals surface area contributed by atoms with Crippen LogP contribution in [0.15, 0.2) is 16.5 Å². The molecular formula is C11H14N2O. The lowest BCUT2D eigenvalue weighted by Gasteiger charge is -2.33. The van der Waals surface area contributed by atoms with E-state index in [2.05, 4.69) is 12.2 Å². The van der Waals surface area contributed by atoms with Crippen molar-refractivity contribution in [2.45, 2.75) is 32.4 Å². The highest BCUT2D eigenvalue weighted by Crippen LogP contribution is 2.26. The second-order valence-corrected chi connectivity index (χ2v) is 4.03. The summed E-state index contributed by atoms with van der Waals surface area (Å²) in [5.41, 5.74) is 0. The quantitative estimate of drug-likeness (QED) is 0.793. The van der Waals surface area contributed by atoms with Crippen LogP contribution in [-0.4, -0.2) is 6.04 Å². The van der Waals surface area contributed by atoms with Crippen molar-refractivity contribution in [3.05, 3.63) is 23.7 Å². The van der Waals surface area contributed by atoms with Gasteiger partial charge in [-0.3, -0.25) is 0 Å². The summed E-state index contributed by atoms with van der Waals surface area (Å²) in [6.45, 7) is 3.00. The maximum Gasteiger partial charge on any atom is 0.203 e. The van der Waals surface area contributed by atoms with Crippen LogP contribution >= 0.6 is 0 Å². The predicted molar refractivity (Wildman–Crippen MR) is 52.4 cm³/mol. The lowest BCUT2D eigenvalue weighted by atomic mass is 9.82. The zero-order valence-electron chi connectivity index (χ0n) is 8.29. The Morgan fingerprint density at radius 1 is 1.57 bits per heavy atom. The van der Waals surface area contributed by atoms with E-state index < -0.39 is 0 Å². The molecule has 1 fully saturated rings. The van der Waals surface area contributed by atoms with E-state index in [1.807, 2.05) is 12.1 Å². The number of nitriles is 1. The second kappa shape index (κ2) is 3.85. The zero-order chi connectivity index (χ0) is 9.97. The first-order chi connectivity index (χ1) is 6.78. The van der Waals surface area contributed by atoms with E-state index in [9.17, 15) is 0 Å². The minimum Gasteiger partial charge on any atom is -0.449 e. The molecule has 1 aromatic heterocycles. The topological polar surface area (TPSA) is 49.0 Å². The van der Waals surface area contributed by atoms with E-state index in [0.29, 0.717) is 11.8 Å². The van der Waals surface area contributed by atoms with Gasteiger partial charge in [-0.1, -0.05) is 6.92 Å². The first-order valence-corrected chi connectivity index (χ1v) is 5.00. The summed E-state index contributed by atoms with van der Waals surface area (Å²) in [5, 5.41) is 12.0. The molecule has 0 saturated heterocycles. The molecule has 3 heteroatoms. The maximum atomic E-state index is 8.56. The largest absolute Gasteiger partial charge is 0.449 e. The van der Waals surface area contributed by atoms with Crippen LogP contribution in [0.2, 0.25) is 0 Å². The number of nitrogens with one attached hydrogen (secondary N) is 1. The Hall–Kier alpha value is -1.27. The van der Waals surface area contributed by atoms with E-state index in [-0.39, 0.29) is 0 Å². The van der Waals surface area contributed by atoms with Crippen LogP contribution in [0.4, 0.5) is 0 Å². The van der Waals surface area contributed by atoms with E-state index in [0.717, 1.165) is 18.2 Å². The molecule has 2 rings (SSSR count). The summed E-state index contributed by atoms with van der Waals surface area (Å²) in [4.78, 5) is 0. The monoisotopic (exact) mass is 190 g/mol. The summed E-state index contributed by atoms with van der Waals surface area (Å²) in [5.74, 6) is 2.10. The molecule has 0 bridgehead atoms. The SMILES string of the molecule is CC1CC(NCc2ccc(C#N)o2)C1. The fraction of sp³-hybridized carbons (Fsp3) is 0.545. The maximum absolute atomic E-state index is 8.56. The molecule has 0 aliphatic heterocycles. The molecule has 0 atom stereocenters. The summed E-state index contributed by atoms with van der Waals surface area (Å²) in [6, 6.07) is 6.18. The molecule has 3 nitrogen and oxygen atoms in total. The molecule has 74 valence electrons. The van der Waals surface area contributed by atoms with Crippen LogP contribution in [0, 0.1) is 17.2 Å². The predicted octanol–water partition coefficient (Wildman–Crippen LogP) is 2.04. The van der Waals surface area contributed by atoms with Gasteiger partial charge in [0.05, 0.1) is 6.54 Å². The van der Waals surface area contributed by atoms with Gasteiger partial charge in [0.15, 0.2) is 0 Å². The van der Waals surface area contributed by atoms with Gasteiger partial charge < -0.3 is 9.73 Å². The van der Waals surface area contributed by atoms with Gasteiger partial charge in [-0.05, 0) is 30.9 Å². The molecule has 1 aliphatic carbocycles. The van der Waals surface area contributed by atoms with Gasteiger partial charge in [-0.2, -0.15) is 5.26 Å². The van der Waals surface area contributed by atoms with Gasteiger partial charge in [-0.25, -0.2) is 0 Å². The summed E-state index contributed by atoms with van der Waals surface area (Å²) < 4.78 is 5.26. The fourth-order valence-corrected chi connectivity index (χ4v) is 1.85. The van der Waals surface area contributed by atoms with E-state index in [1.54, 1.807) is 6.07 Å². The highest BCUT2D eigenvalue weighted by molar-refractivity contribution is 5.19. The van der Waals surface area contributed by atoms with Crippen molar-refractivity contribution in [2.75, 3.05) is 0 Å². The summed E-state index contributed by atoms with van der Waals surface area (Å²) >= 11 is 0. The molecule has 0 unspecified atom stereocenters. The third kappa shape index (κ3) is 1.97. The standard InChI is InChI=1S/C11H14N2O/c1-8-4-9(5-8)13-7-11-3-2-10(6-12)14-11/h2-3,8-9,13H,4-5,7H2,1H3. The van der Waals surface area contributed by atoms with E-state index in [1.165, 1.54) is 12.8 Å². The van der Waals surface area contributed by atoms with Crippen LogP contribution in [0.25, 0.3) is 0 Å². The molecule has 1 saturated carbocycles. The summed E-state index contributed by atoms with van der Waals surface area (Å²) in [7, 11) is 0. The average Bonchev–Trinajstić information content (AvgIpc) is 2.58. The highest BCUT2D eigenvalue weighted by Gasteiger charge is 2.24. The molecule has 1 N–H and O–H groups in total. The molecule has 0 aromatic carbocycles. The number of hydrogen-bond acceptors (Lipinski definition) is 3. The molecule has 0 radical (unpaired) electrons. The van der Waals surface area contributed by atoms with Crippen molar-refractivity contribution in [1.29, 1.82) is 5.26 Å². The van der Waals surface area contributed by atoms with Gasteiger partial charge in [0.2, 0.25) is 5.76 Å². The summed E-state index contributed by atoms with van der Waals surface area (Å²) in [6.07, 6.45) is 2.51. The van der Waals surface area contributed by atoms with Crippen LogP contribution in [0.3, 0.4) is 0 Å². The van der Waals surface area contributed by atoms with Crippen molar-refractivity contribution in [3.8, 4) is 6.07 Å². The van der Waals surface area contributed by atoms with Crippen molar-refractivity contribution in [3.63, 3.8) is 0 Å². The Morgan fingerprint density at radius 2 is 2.36 bits per heavy atom. The van der Waals surface area contributed by atoms with Crippen molar-refractivity contribution in [2.24, 2.45) is 5.92 Å². The first-order valence-electron chi connectivity index (χ1n) is 5.00. The van der Waals surface area contributed by atoms with Crippen LogP contribution in [-0.2, 0) is 6.54 Å². The smallest absolute Gasteiger partial charge is 0.203 e. The Bertz CT molecular complexity index is 344. The normalized spacial score (nSPS) is 25.4. The zero-order valence-corrected chi connectivity index (χ0v) is 8.29. The first kappa shape index (κ1) is 9.29. The molecule has 0 amide bonds. The van der Waals surface area contributed by atoms with Gasteiger partial charge in [-0.15, -0.1) is 0 Å². The molecule has 1 aliphatic rings. The van der Waals surface area contributed by atoms with Crippen LogP contribution < -0.4 is 5.32 Å². The number of nitrogens with zero attached hydrogens (tertiary/aromatic N) is 1. The lowest BCUT2D eigenvalue weighted by molar-refractivity contribution is 0.235. The van der Waals surface area contributed by atoms with Gasteiger partial charge in [0, 0.05) is 6.04 Å². The highest BCUT2D eigenvalue weighted by atomic mass is 16.3. The van der Waals surface area contributed by atoms with E-state index in [4.69, 9.17) is 9.68 Å². The van der Waals surface area contributed by atoms with Crippen molar-refractivity contribution >= 4 is 0 Å². The Balaban J connectivity index is 1.78. The Kier molecular flexibility index (Phi) is 2.55. The Labute approximate surface area is 83.7 Å². The van der Waals surface area contributed by atoms with Gasteiger partial charge >= 0.3 is 0 Å². The van der Waals surface area contributed by atoms with Gasteiger partial charge in [0.1, 0.15) is 11.8 Å². The van der Waals surface area contributed by atoms with Crippen LogP contribution in [0.1, 0.15) is 31.3 Å². The minimum absolute atomic E-state index is 0.392. The number of furan rings is 1. The van der Waals surface area contributed by atoms with Gasteiger partial charge in [0.25, 0.3) is 0 Å². The molecule has 1 heterocycles. The van der Waals surface area contributed by atoms with Crippen molar-refractivity contribution < 1.29 is 4.42 Å². The third-order valence-corrected chi connectivity index (χ3v) is 2.71. The van der Waals surface area contributed by atoms with Crippen molar-refractivity contribution in [1.82, 2.24) is 5.32 Å². The second-order valence-electron chi connectivity index (χ2n) is 4.03. The molecular weight excluding hydrogens is 176 g/mol. The van der Waals surface area contributed by atoms with Crippen LogP contribution in [0.5, 0.6) is 0 Å². The molecule has 0 spiro atoms. The minimum atomic E-state index is 0.392.